The Labute approximate surface area is 161 Å². The van der Waals surface area contributed by atoms with Crippen molar-refractivity contribution >= 4 is 22.5 Å². The van der Waals surface area contributed by atoms with Gasteiger partial charge in [0.25, 0.3) is 11.6 Å². The van der Waals surface area contributed by atoms with Crippen molar-refractivity contribution in [3.63, 3.8) is 0 Å². The van der Waals surface area contributed by atoms with Gasteiger partial charge >= 0.3 is 0 Å². The minimum Gasteiger partial charge on any atom is -0.328 e. The number of nitro benzene ring substituents is 1. The molecule has 2 aromatic carbocycles. The molecule has 2 N–H and O–H groups in total. The second-order valence-corrected chi connectivity index (χ2v) is 6.87. The molecule has 1 amide bonds. The SMILES string of the molecule is CCc1ccc(C2CNCCN2C(=O)c2n[nH]c3ccc([N+](=O)[O-])cc23)cc1. The molecule has 0 aliphatic carbocycles. The maximum absolute atomic E-state index is 13.3. The van der Waals surface area contributed by atoms with Gasteiger partial charge in [0.05, 0.1) is 16.5 Å². The number of aromatic nitrogens is 2. The number of amides is 1. The zero-order valence-corrected chi connectivity index (χ0v) is 15.5. The van der Waals surface area contributed by atoms with Crippen molar-refractivity contribution < 1.29 is 9.72 Å². The number of carbonyl (C=O) groups excluding carboxylic acids is 1. The Morgan fingerprint density at radius 3 is 2.79 bits per heavy atom. The van der Waals surface area contributed by atoms with Crippen molar-refractivity contribution in [3.8, 4) is 0 Å². The number of hydrogen-bond acceptors (Lipinski definition) is 5. The summed E-state index contributed by atoms with van der Waals surface area (Å²) in [5.41, 5.74) is 3.07. The number of hydrogen-bond donors (Lipinski definition) is 2. The van der Waals surface area contributed by atoms with Crippen LogP contribution in [0.1, 0.15) is 34.6 Å². The number of non-ortho nitro benzene ring substituents is 1. The van der Waals surface area contributed by atoms with Gasteiger partial charge in [-0.15, -0.1) is 0 Å². The van der Waals surface area contributed by atoms with Crippen molar-refractivity contribution in [2.75, 3.05) is 19.6 Å². The third-order valence-corrected chi connectivity index (χ3v) is 5.24. The zero-order chi connectivity index (χ0) is 19.7. The lowest BCUT2D eigenvalue weighted by Crippen LogP contribution is -2.48. The topological polar surface area (TPSA) is 104 Å². The molecule has 0 radical (unpaired) electrons. The molecule has 28 heavy (non-hydrogen) atoms. The van der Waals surface area contributed by atoms with Crippen molar-refractivity contribution in [2.24, 2.45) is 0 Å². The molecule has 0 saturated carbocycles. The molecule has 144 valence electrons. The fourth-order valence-corrected chi connectivity index (χ4v) is 3.64. The van der Waals surface area contributed by atoms with Crippen molar-refractivity contribution in [1.29, 1.82) is 0 Å². The molecule has 1 fully saturated rings. The highest BCUT2D eigenvalue weighted by Gasteiger charge is 2.31. The summed E-state index contributed by atoms with van der Waals surface area (Å²) in [6, 6.07) is 12.6. The molecular formula is C20H21N5O3. The van der Waals surface area contributed by atoms with E-state index in [4.69, 9.17) is 0 Å². The van der Waals surface area contributed by atoms with Crippen LogP contribution in [0.3, 0.4) is 0 Å². The Kier molecular flexibility index (Phi) is 4.79. The minimum atomic E-state index is -0.469. The summed E-state index contributed by atoms with van der Waals surface area (Å²) in [5.74, 6) is -0.224. The van der Waals surface area contributed by atoms with E-state index in [1.54, 1.807) is 11.0 Å². The molecule has 1 unspecified atom stereocenters. The van der Waals surface area contributed by atoms with Gasteiger partial charge in [-0.1, -0.05) is 31.2 Å². The summed E-state index contributed by atoms with van der Waals surface area (Å²) >= 11 is 0. The first-order valence-corrected chi connectivity index (χ1v) is 9.31. The lowest BCUT2D eigenvalue weighted by atomic mass is 10.00. The molecule has 0 spiro atoms. The summed E-state index contributed by atoms with van der Waals surface area (Å²) in [6.07, 6.45) is 0.962. The van der Waals surface area contributed by atoms with E-state index in [0.29, 0.717) is 30.5 Å². The molecule has 1 saturated heterocycles. The molecule has 0 bridgehead atoms. The average Bonchev–Trinajstić information content (AvgIpc) is 3.16. The number of piperazine rings is 1. The zero-order valence-electron chi connectivity index (χ0n) is 15.5. The predicted molar refractivity (Wildman–Crippen MR) is 105 cm³/mol. The van der Waals surface area contributed by atoms with Crippen LogP contribution >= 0.6 is 0 Å². The van der Waals surface area contributed by atoms with Gasteiger partial charge in [0.15, 0.2) is 5.69 Å². The third-order valence-electron chi connectivity index (χ3n) is 5.24. The van der Waals surface area contributed by atoms with Gasteiger partial charge in [0.1, 0.15) is 0 Å². The fourth-order valence-electron chi connectivity index (χ4n) is 3.64. The van der Waals surface area contributed by atoms with Crippen LogP contribution in [0, 0.1) is 10.1 Å². The second-order valence-electron chi connectivity index (χ2n) is 6.87. The van der Waals surface area contributed by atoms with Gasteiger partial charge in [-0.3, -0.25) is 20.0 Å². The van der Waals surface area contributed by atoms with Crippen LogP contribution in [0.5, 0.6) is 0 Å². The quantitative estimate of drug-likeness (QED) is 0.536. The maximum Gasteiger partial charge on any atom is 0.275 e. The smallest absolute Gasteiger partial charge is 0.275 e. The molecular weight excluding hydrogens is 358 g/mol. The van der Waals surface area contributed by atoms with Gasteiger partial charge in [0, 0.05) is 37.2 Å². The number of benzene rings is 2. The Bertz CT molecular complexity index is 1030. The van der Waals surface area contributed by atoms with Crippen molar-refractivity contribution in [2.45, 2.75) is 19.4 Å². The summed E-state index contributed by atoms with van der Waals surface area (Å²) in [7, 11) is 0. The number of aromatic amines is 1. The Morgan fingerprint density at radius 1 is 1.29 bits per heavy atom. The van der Waals surface area contributed by atoms with Crippen molar-refractivity contribution in [3.05, 3.63) is 69.4 Å². The molecule has 8 heteroatoms. The summed E-state index contributed by atoms with van der Waals surface area (Å²) in [6.45, 7) is 3.99. The number of nitro groups is 1. The summed E-state index contributed by atoms with van der Waals surface area (Å²) < 4.78 is 0. The van der Waals surface area contributed by atoms with E-state index in [2.05, 4.69) is 46.7 Å². The van der Waals surface area contributed by atoms with E-state index in [9.17, 15) is 14.9 Å². The molecule has 1 aliphatic rings. The van der Waals surface area contributed by atoms with Gasteiger partial charge in [-0.25, -0.2) is 0 Å². The molecule has 2 heterocycles. The summed E-state index contributed by atoms with van der Waals surface area (Å²) in [4.78, 5) is 25.7. The van der Waals surface area contributed by atoms with E-state index in [1.165, 1.54) is 17.7 Å². The predicted octanol–water partition coefficient (Wildman–Crippen LogP) is 2.82. The van der Waals surface area contributed by atoms with Crippen LogP contribution in [-0.2, 0) is 6.42 Å². The highest BCUT2D eigenvalue weighted by Crippen LogP contribution is 2.28. The fraction of sp³-hybridized carbons (Fsp3) is 0.300. The Hall–Kier alpha value is -3.26. The Morgan fingerprint density at radius 2 is 2.07 bits per heavy atom. The first-order valence-electron chi connectivity index (χ1n) is 9.31. The molecule has 1 aliphatic heterocycles. The Balaban J connectivity index is 1.69. The number of aryl methyl sites for hydroxylation is 1. The van der Waals surface area contributed by atoms with Gasteiger partial charge in [-0.05, 0) is 23.6 Å². The largest absolute Gasteiger partial charge is 0.328 e. The lowest BCUT2D eigenvalue weighted by molar-refractivity contribution is -0.384. The number of fused-ring (bicyclic) bond motifs is 1. The van der Waals surface area contributed by atoms with Crippen LogP contribution in [0.25, 0.3) is 10.9 Å². The lowest BCUT2D eigenvalue weighted by Gasteiger charge is -2.36. The van der Waals surface area contributed by atoms with Crippen LogP contribution in [0.2, 0.25) is 0 Å². The van der Waals surface area contributed by atoms with E-state index < -0.39 is 4.92 Å². The van der Waals surface area contributed by atoms with E-state index in [-0.39, 0.29) is 23.3 Å². The third kappa shape index (κ3) is 3.22. The molecule has 4 rings (SSSR count). The first kappa shape index (κ1) is 18.1. The number of carbonyl (C=O) groups is 1. The highest BCUT2D eigenvalue weighted by molar-refractivity contribution is 6.05. The molecule has 3 aromatic rings. The number of nitrogens with zero attached hydrogens (tertiary/aromatic N) is 3. The van der Waals surface area contributed by atoms with Crippen LogP contribution in [-0.4, -0.2) is 45.6 Å². The van der Waals surface area contributed by atoms with E-state index in [0.717, 1.165) is 12.0 Å². The van der Waals surface area contributed by atoms with Crippen LogP contribution in [0.4, 0.5) is 5.69 Å². The molecule has 8 nitrogen and oxygen atoms in total. The van der Waals surface area contributed by atoms with Crippen molar-refractivity contribution in [1.82, 2.24) is 20.4 Å². The monoisotopic (exact) mass is 379 g/mol. The van der Waals surface area contributed by atoms with E-state index >= 15 is 0 Å². The van der Waals surface area contributed by atoms with Gasteiger partial charge in [-0.2, -0.15) is 5.10 Å². The standard InChI is InChI=1S/C20H21N5O3/c1-2-13-3-5-14(6-4-13)18-12-21-9-10-24(18)20(26)19-16-11-15(25(27)28)7-8-17(16)22-23-19/h3-8,11,18,21H,2,9-10,12H2,1H3,(H,22,23). The number of nitrogens with one attached hydrogen (secondary N) is 2. The minimum absolute atomic E-state index is 0.0602. The second kappa shape index (κ2) is 7.40. The average molecular weight is 379 g/mol. The normalized spacial score (nSPS) is 17.0. The van der Waals surface area contributed by atoms with Crippen LogP contribution in [0.15, 0.2) is 42.5 Å². The van der Waals surface area contributed by atoms with Crippen LogP contribution < -0.4 is 5.32 Å². The maximum atomic E-state index is 13.3. The molecule has 1 atom stereocenters. The number of H-pyrrole nitrogens is 1. The number of rotatable bonds is 4. The highest BCUT2D eigenvalue weighted by atomic mass is 16.6. The van der Waals surface area contributed by atoms with Gasteiger partial charge in [0.2, 0.25) is 0 Å². The summed E-state index contributed by atoms with van der Waals surface area (Å²) in [5, 5.41) is 21.9. The van der Waals surface area contributed by atoms with E-state index in [1.807, 2.05) is 0 Å². The molecule has 1 aromatic heterocycles. The van der Waals surface area contributed by atoms with Gasteiger partial charge < -0.3 is 10.2 Å². The first-order chi connectivity index (χ1) is 13.6.